The standard InChI is InChI=1S/C20H27ClN4O/c1-15-17(18(21)25(23-15)16-10-6-4-7-11-16)19(26)22-14-20(2,3)24-12-8-5-9-13-24/h4,6-7,10-11H,5,8-9,12-14H2,1-3H3,(H,22,26). The third-order valence-corrected chi connectivity index (χ3v) is 5.47. The number of carbonyl (C=O) groups is 1. The lowest BCUT2D eigenvalue weighted by molar-refractivity contribution is 0.0797. The van der Waals surface area contributed by atoms with Crippen LogP contribution in [0.2, 0.25) is 5.15 Å². The van der Waals surface area contributed by atoms with Crippen LogP contribution < -0.4 is 5.32 Å². The van der Waals surface area contributed by atoms with E-state index in [1.165, 1.54) is 19.3 Å². The van der Waals surface area contributed by atoms with Gasteiger partial charge in [0.05, 0.1) is 16.9 Å². The van der Waals surface area contributed by atoms with E-state index in [2.05, 4.69) is 29.2 Å². The molecule has 3 rings (SSSR count). The number of hydrogen-bond donors (Lipinski definition) is 1. The highest BCUT2D eigenvalue weighted by Crippen LogP contribution is 2.24. The number of para-hydroxylation sites is 1. The van der Waals surface area contributed by atoms with Gasteiger partial charge < -0.3 is 5.32 Å². The summed E-state index contributed by atoms with van der Waals surface area (Å²) in [5, 5.41) is 7.86. The number of piperidine rings is 1. The van der Waals surface area contributed by atoms with Gasteiger partial charge in [-0.05, 0) is 58.8 Å². The Hall–Kier alpha value is -1.85. The van der Waals surface area contributed by atoms with Crippen LogP contribution in [0.3, 0.4) is 0 Å². The van der Waals surface area contributed by atoms with Crippen molar-refractivity contribution in [3.63, 3.8) is 0 Å². The molecule has 0 bridgehead atoms. The van der Waals surface area contributed by atoms with Gasteiger partial charge in [-0.1, -0.05) is 36.2 Å². The fraction of sp³-hybridized carbons (Fsp3) is 0.500. The van der Waals surface area contributed by atoms with Gasteiger partial charge >= 0.3 is 0 Å². The van der Waals surface area contributed by atoms with Gasteiger partial charge in [0.2, 0.25) is 0 Å². The van der Waals surface area contributed by atoms with Crippen molar-refractivity contribution < 1.29 is 4.79 Å². The number of benzene rings is 1. The minimum Gasteiger partial charge on any atom is -0.350 e. The topological polar surface area (TPSA) is 50.2 Å². The van der Waals surface area contributed by atoms with Gasteiger partial charge in [0.15, 0.2) is 0 Å². The summed E-state index contributed by atoms with van der Waals surface area (Å²) < 4.78 is 1.61. The molecule has 0 spiro atoms. The number of halogens is 1. The molecule has 0 saturated carbocycles. The summed E-state index contributed by atoms with van der Waals surface area (Å²) >= 11 is 6.49. The molecule has 1 aromatic heterocycles. The summed E-state index contributed by atoms with van der Waals surface area (Å²) in [5.74, 6) is -0.167. The van der Waals surface area contributed by atoms with Crippen molar-refractivity contribution in [3.05, 3.63) is 46.7 Å². The van der Waals surface area contributed by atoms with E-state index in [1.54, 1.807) is 4.68 Å². The maximum absolute atomic E-state index is 12.8. The fourth-order valence-corrected chi connectivity index (χ4v) is 3.85. The van der Waals surface area contributed by atoms with Gasteiger partial charge in [-0.3, -0.25) is 9.69 Å². The largest absolute Gasteiger partial charge is 0.350 e. The maximum atomic E-state index is 12.8. The molecule has 5 nitrogen and oxygen atoms in total. The van der Waals surface area contributed by atoms with E-state index in [0.717, 1.165) is 18.8 Å². The van der Waals surface area contributed by atoms with E-state index in [-0.39, 0.29) is 11.4 Å². The second-order valence-corrected chi connectivity index (χ2v) is 7.90. The van der Waals surface area contributed by atoms with Crippen molar-refractivity contribution in [2.24, 2.45) is 0 Å². The zero-order chi connectivity index (χ0) is 18.7. The predicted molar refractivity (Wildman–Crippen MR) is 105 cm³/mol. The molecule has 0 aliphatic carbocycles. The molecule has 1 fully saturated rings. The molecule has 1 aromatic carbocycles. The van der Waals surface area contributed by atoms with Crippen LogP contribution in [0.5, 0.6) is 0 Å². The Morgan fingerprint density at radius 3 is 2.50 bits per heavy atom. The molecule has 1 saturated heterocycles. The van der Waals surface area contributed by atoms with Gasteiger partial charge in [-0.15, -0.1) is 0 Å². The second kappa shape index (κ2) is 7.80. The molecule has 1 N–H and O–H groups in total. The van der Waals surface area contributed by atoms with Gasteiger partial charge in [0, 0.05) is 12.1 Å². The molecule has 0 radical (unpaired) electrons. The Balaban J connectivity index is 1.73. The highest BCUT2D eigenvalue weighted by molar-refractivity contribution is 6.33. The molecule has 2 heterocycles. The number of nitrogens with zero attached hydrogens (tertiary/aromatic N) is 3. The zero-order valence-electron chi connectivity index (χ0n) is 15.8. The van der Waals surface area contributed by atoms with E-state index in [1.807, 2.05) is 37.3 Å². The Morgan fingerprint density at radius 1 is 1.19 bits per heavy atom. The third kappa shape index (κ3) is 3.94. The van der Waals surface area contributed by atoms with Crippen LogP contribution in [-0.2, 0) is 0 Å². The van der Waals surface area contributed by atoms with E-state index < -0.39 is 0 Å². The van der Waals surface area contributed by atoms with Crippen molar-refractivity contribution in [2.45, 2.75) is 45.6 Å². The van der Waals surface area contributed by atoms with E-state index in [0.29, 0.717) is 23.0 Å². The summed E-state index contributed by atoms with van der Waals surface area (Å²) in [6.45, 7) is 8.94. The van der Waals surface area contributed by atoms with Gasteiger partial charge in [-0.2, -0.15) is 5.10 Å². The first-order valence-electron chi connectivity index (χ1n) is 9.24. The molecular weight excluding hydrogens is 348 g/mol. The van der Waals surface area contributed by atoms with Crippen molar-refractivity contribution in [1.82, 2.24) is 20.0 Å². The van der Waals surface area contributed by atoms with Crippen LogP contribution in [-0.4, -0.2) is 45.8 Å². The monoisotopic (exact) mass is 374 g/mol. The molecule has 140 valence electrons. The first-order chi connectivity index (χ1) is 12.4. The number of carbonyl (C=O) groups excluding carboxylic acids is 1. The number of rotatable bonds is 5. The Kier molecular flexibility index (Phi) is 5.68. The molecular formula is C20H27ClN4O. The number of aromatic nitrogens is 2. The molecule has 6 heteroatoms. The summed E-state index contributed by atoms with van der Waals surface area (Å²) in [6, 6.07) is 9.61. The van der Waals surface area contributed by atoms with E-state index >= 15 is 0 Å². The SMILES string of the molecule is Cc1nn(-c2ccccc2)c(Cl)c1C(=O)NCC(C)(C)N1CCCCC1. The van der Waals surface area contributed by atoms with Gasteiger partial charge in [0.1, 0.15) is 5.15 Å². The number of aryl methyl sites for hydroxylation is 1. The highest BCUT2D eigenvalue weighted by atomic mass is 35.5. The van der Waals surface area contributed by atoms with Crippen molar-refractivity contribution >= 4 is 17.5 Å². The average molecular weight is 375 g/mol. The minimum atomic E-state index is -0.167. The summed E-state index contributed by atoms with van der Waals surface area (Å²) in [4.78, 5) is 15.3. The van der Waals surface area contributed by atoms with Crippen LogP contribution in [0.1, 0.15) is 49.2 Å². The number of nitrogens with one attached hydrogen (secondary N) is 1. The summed E-state index contributed by atoms with van der Waals surface area (Å²) in [7, 11) is 0. The normalized spacial score (nSPS) is 15.8. The minimum absolute atomic E-state index is 0.0775. The van der Waals surface area contributed by atoms with Crippen molar-refractivity contribution in [1.29, 1.82) is 0 Å². The van der Waals surface area contributed by atoms with Crippen molar-refractivity contribution in [2.75, 3.05) is 19.6 Å². The molecule has 0 unspecified atom stereocenters. The lowest BCUT2D eigenvalue weighted by atomic mass is 9.98. The summed E-state index contributed by atoms with van der Waals surface area (Å²) in [5.41, 5.74) is 1.84. The molecule has 1 aliphatic rings. The number of hydrogen-bond acceptors (Lipinski definition) is 3. The molecule has 2 aromatic rings. The maximum Gasteiger partial charge on any atom is 0.256 e. The smallest absolute Gasteiger partial charge is 0.256 e. The molecule has 26 heavy (non-hydrogen) atoms. The van der Waals surface area contributed by atoms with Gasteiger partial charge in [-0.25, -0.2) is 4.68 Å². The third-order valence-electron chi connectivity index (χ3n) is 5.13. The second-order valence-electron chi connectivity index (χ2n) is 7.54. The fourth-order valence-electron chi connectivity index (χ4n) is 3.49. The quantitative estimate of drug-likeness (QED) is 0.865. The van der Waals surface area contributed by atoms with Crippen LogP contribution in [0.25, 0.3) is 5.69 Å². The molecule has 1 amide bonds. The van der Waals surface area contributed by atoms with Crippen LogP contribution in [0, 0.1) is 6.92 Å². The Labute approximate surface area is 160 Å². The van der Waals surface area contributed by atoms with E-state index in [9.17, 15) is 4.79 Å². The first kappa shape index (κ1) is 18.9. The highest BCUT2D eigenvalue weighted by Gasteiger charge is 2.29. The lowest BCUT2D eigenvalue weighted by Crippen LogP contribution is -2.53. The molecule has 0 atom stereocenters. The van der Waals surface area contributed by atoms with Crippen molar-refractivity contribution in [3.8, 4) is 5.69 Å². The van der Waals surface area contributed by atoms with Gasteiger partial charge in [0.25, 0.3) is 5.91 Å². The lowest BCUT2D eigenvalue weighted by Gasteiger charge is -2.41. The summed E-state index contributed by atoms with van der Waals surface area (Å²) in [6.07, 6.45) is 3.75. The predicted octanol–water partition coefficient (Wildman–Crippen LogP) is 3.83. The Morgan fingerprint density at radius 2 is 1.85 bits per heavy atom. The average Bonchev–Trinajstić information content (AvgIpc) is 2.96. The Bertz CT molecular complexity index is 764. The zero-order valence-corrected chi connectivity index (χ0v) is 16.5. The first-order valence-corrected chi connectivity index (χ1v) is 9.62. The number of amides is 1. The molecule has 1 aliphatic heterocycles. The van der Waals surface area contributed by atoms with Crippen LogP contribution in [0.4, 0.5) is 0 Å². The van der Waals surface area contributed by atoms with Crippen LogP contribution >= 0.6 is 11.6 Å². The van der Waals surface area contributed by atoms with E-state index in [4.69, 9.17) is 11.6 Å². The van der Waals surface area contributed by atoms with Crippen LogP contribution in [0.15, 0.2) is 30.3 Å². The number of likely N-dealkylation sites (tertiary alicyclic amines) is 1.